The molecule has 3 heteroatoms. The second-order valence-corrected chi connectivity index (χ2v) is 4.79. The van der Waals surface area contributed by atoms with E-state index in [1.165, 1.54) is 19.3 Å². The van der Waals surface area contributed by atoms with Crippen molar-refractivity contribution < 1.29 is 9.53 Å². The molecule has 2 fully saturated rings. The standard InChI is InChI=1S/C12H21NO2/c1-15-10-7-11(13-8-10)12(14)9-5-3-2-4-6-9/h9-11,13H,2-8H2,1H3. The Bertz CT molecular complexity index is 224. The first-order valence-corrected chi connectivity index (χ1v) is 6.11. The lowest BCUT2D eigenvalue weighted by atomic mass is 9.83. The Balaban J connectivity index is 1.85. The molecule has 0 aromatic carbocycles. The molecule has 2 atom stereocenters. The number of nitrogens with one attached hydrogen (secondary N) is 1. The zero-order valence-electron chi connectivity index (χ0n) is 9.50. The predicted molar refractivity (Wildman–Crippen MR) is 58.8 cm³/mol. The Kier molecular flexibility index (Phi) is 3.76. The van der Waals surface area contributed by atoms with Crippen molar-refractivity contribution in [1.82, 2.24) is 5.32 Å². The molecule has 2 aliphatic rings. The maximum absolute atomic E-state index is 12.1. The maximum atomic E-state index is 12.1. The Morgan fingerprint density at radius 2 is 2.00 bits per heavy atom. The van der Waals surface area contributed by atoms with Gasteiger partial charge in [-0.05, 0) is 19.3 Å². The van der Waals surface area contributed by atoms with Crippen LogP contribution in [0.1, 0.15) is 38.5 Å². The zero-order chi connectivity index (χ0) is 10.7. The predicted octanol–water partition coefficient (Wildman–Crippen LogP) is 1.51. The minimum absolute atomic E-state index is 0.0676. The van der Waals surface area contributed by atoms with Gasteiger partial charge in [0, 0.05) is 19.6 Å². The van der Waals surface area contributed by atoms with Crippen LogP contribution in [0.5, 0.6) is 0 Å². The van der Waals surface area contributed by atoms with E-state index in [0.29, 0.717) is 11.7 Å². The Morgan fingerprint density at radius 3 is 2.60 bits per heavy atom. The van der Waals surface area contributed by atoms with Gasteiger partial charge < -0.3 is 10.1 Å². The van der Waals surface area contributed by atoms with Gasteiger partial charge in [-0.3, -0.25) is 4.79 Å². The second-order valence-electron chi connectivity index (χ2n) is 4.79. The van der Waals surface area contributed by atoms with Gasteiger partial charge in [0.15, 0.2) is 5.78 Å². The average Bonchev–Trinajstić information content (AvgIpc) is 2.78. The molecule has 1 saturated heterocycles. The van der Waals surface area contributed by atoms with Crippen LogP contribution in [-0.2, 0) is 9.53 Å². The summed E-state index contributed by atoms with van der Waals surface area (Å²) in [7, 11) is 1.72. The maximum Gasteiger partial charge on any atom is 0.152 e. The van der Waals surface area contributed by atoms with Crippen molar-refractivity contribution in [1.29, 1.82) is 0 Å². The molecule has 2 unspecified atom stereocenters. The highest BCUT2D eigenvalue weighted by molar-refractivity contribution is 5.86. The lowest BCUT2D eigenvalue weighted by Crippen LogP contribution is -2.36. The van der Waals surface area contributed by atoms with Gasteiger partial charge >= 0.3 is 0 Å². The third-order valence-corrected chi connectivity index (χ3v) is 3.77. The molecule has 0 amide bonds. The molecule has 2 rings (SSSR count). The zero-order valence-corrected chi connectivity index (χ0v) is 9.50. The van der Waals surface area contributed by atoms with Gasteiger partial charge in [0.05, 0.1) is 12.1 Å². The van der Waals surface area contributed by atoms with Crippen LogP contribution in [0.4, 0.5) is 0 Å². The highest BCUT2D eigenvalue weighted by Gasteiger charge is 2.33. The van der Waals surface area contributed by atoms with E-state index in [9.17, 15) is 4.79 Å². The number of carbonyl (C=O) groups is 1. The van der Waals surface area contributed by atoms with Gasteiger partial charge in [0.1, 0.15) is 0 Å². The summed E-state index contributed by atoms with van der Waals surface area (Å²) in [6.07, 6.45) is 7.09. The van der Waals surface area contributed by atoms with Gasteiger partial charge in [0.25, 0.3) is 0 Å². The van der Waals surface area contributed by atoms with E-state index in [4.69, 9.17) is 4.74 Å². The number of hydrogen-bond acceptors (Lipinski definition) is 3. The van der Waals surface area contributed by atoms with Crippen molar-refractivity contribution in [3.8, 4) is 0 Å². The topological polar surface area (TPSA) is 38.3 Å². The van der Waals surface area contributed by atoms with Gasteiger partial charge in [-0.15, -0.1) is 0 Å². The van der Waals surface area contributed by atoms with E-state index in [0.717, 1.165) is 25.8 Å². The first-order chi connectivity index (χ1) is 7.31. The monoisotopic (exact) mass is 211 g/mol. The third-order valence-electron chi connectivity index (χ3n) is 3.77. The fourth-order valence-corrected chi connectivity index (χ4v) is 2.77. The number of rotatable bonds is 3. The summed E-state index contributed by atoms with van der Waals surface area (Å²) >= 11 is 0. The van der Waals surface area contributed by atoms with Crippen LogP contribution in [0.25, 0.3) is 0 Å². The summed E-state index contributed by atoms with van der Waals surface area (Å²) in [5.74, 6) is 0.765. The van der Waals surface area contributed by atoms with Crippen LogP contribution < -0.4 is 5.32 Å². The molecular formula is C12H21NO2. The van der Waals surface area contributed by atoms with E-state index < -0.39 is 0 Å². The minimum Gasteiger partial charge on any atom is -0.380 e. The third kappa shape index (κ3) is 2.58. The molecule has 3 nitrogen and oxygen atoms in total. The molecule has 15 heavy (non-hydrogen) atoms. The molecule has 1 N–H and O–H groups in total. The van der Waals surface area contributed by atoms with Crippen LogP contribution in [0.2, 0.25) is 0 Å². The second kappa shape index (κ2) is 5.08. The molecule has 0 aromatic heterocycles. The summed E-state index contributed by atoms with van der Waals surface area (Å²) in [6, 6.07) is 0.0676. The molecular weight excluding hydrogens is 190 g/mol. The molecule has 1 aliphatic carbocycles. The molecule has 0 aromatic rings. The van der Waals surface area contributed by atoms with E-state index >= 15 is 0 Å². The number of ether oxygens (including phenoxy) is 1. The fourth-order valence-electron chi connectivity index (χ4n) is 2.77. The van der Waals surface area contributed by atoms with Crippen molar-refractivity contribution in [2.75, 3.05) is 13.7 Å². The fraction of sp³-hybridized carbons (Fsp3) is 0.917. The van der Waals surface area contributed by atoms with Crippen LogP contribution >= 0.6 is 0 Å². The first-order valence-electron chi connectivity index (χ1n) is 6.11. The molecule has 0 radical (unpaired) electrons. The van der Waals surface area contributed by atoms with E-state index in [2.05, 4.69) is 5.32 Å². The van der Waals surface area contributed by atoms with Crippen LogP contribution in [-0.4, -0.2) is 31.6 Å². The van der Waals surface area contributed by atoms with Gasteiger partial charge in [-0.1, -0.05) is 19.3 Å². The summed E-state index contributed by atoms with van der Waals surface area (Å²) < 4.78 is 5.26. The number of hydrogen-bond donors (Lipinski definition) is 1. The Labute approximate surface area is 91.6 Å². The number of carbonyl (C=O) groups excluding carboxylic acids is 1. The smallest absolute Gasteiger partial charge is 0.152 e. The Morgan fingerprint density at radius 1 is 1.27 bits per heavy atom. The molecule has 1 heterocycles. The van der Waals surface area contributed by atoms with Crippen LogP contribution in [0, 0.1) is 5.92 Å². The van der Waals surface area contributed by atoms with Crippen molar-refractivity contribution >= 4 is 5.78 Å². The van der Waals surface area contributed by atoms with Crippen LogP contribution in [0.3, 0.4) is 0 Å². The molecule has 0 spiro atoms. The van der Waals surface area contributed by atoms with Crippen molar-refractivity contribution in [3.63, 3.8) is 0 Å². The summed E-state index contributed by atoms with van der Waals surface area (Å²) in [5, 5.41) is 3.28. The van der Waals surface area contributed by atoms with E-state index in [1.807, 2.05) is 0 Å². The average molecular weight is 211 g/mol. The Hall–Kier alpha value is -0.410. The van der Waals surface area contributed by atoms with Crippen molar-refractivity contribution in [2.24, 2.45) is 5.92 Å². The van der Waals surface area contributed by atoms with E-state index in [1.54, 1.807) is 7.11 Å². The van der Waals surface area contributed by atoms with Crippen molar-refractivity contribution in [3.05, 3.63) is 0 Å². The lowest BCUT2D eigenvalue weighted by molar-refractivity contribution is -0.125. The number of Topliss-reactive ketones (excluding diaryl/α,β-unsaturated/α-hetero) is 1. The molecule has 1 aliphatic heterocycles. The largest absolute Gasteiger partial charge is 0.380 e. The minimum atomic E-state index is 0.0676. The quantitative estimate of drug-likeness (QED) is 0.769. The lowest BCUT2D eigenvalue weighted by Gasteiger charge is -2.23. The normalized spacial score (nSPS) is 33.1. The molecule has 86 valence electrons. The number of methoxy groups -OCH3 is 1. The van der Waals surface area contributed by atoms with E-state index in [-0.39, 0.29) is 12.1 Å². The van der Waals surface area contributed by atoms with Crippen LogP contribution in [0.15, 0.2) is 0 Å². The first kappa shape index (κ1) is 11.1. The highest BCUT2D eigenvalue weighted by atomic mass is 16.5. The van der Waals surface area contributed by atoms with Gasteiger partial charge in [-0.25, -0.2) is 0 Å². The molecule has 0 bridgehead atoms. The van der Waals surface area contributed by atoms with Gasteiger partial charge in [-0.2, -0.15) is 0 Å². The number of ketones is 1. The SMILES string of the molecule is COC1CNC(C(=O)C2CCCCC2)C1. The summed E-state index contributed by atoms with van der Waals surface area (Å²) in [5.41, 5.74) is 0. The highest BCUT2D eigenvalue weighted by Crippen LogP contribution is 2.27. The summed E-state index contributed by atoms with van der Waals surface area (Å²) in [4.78, 5) is 12.1. The molecule has 1 saturated carbocycles. The van der Waals surface area contributed by atoms with Gasteiger partial charge in [0.2, 0.25) is 0 Å². The summed E-state index contributed by atoms with van der Waals surface area (Å²) in [6.45, 7) is 0.833. The van der Waals surface area contributed by atoms with Crippen molar-refractivity contribution in [2.45, 2.75) is 50.7 Å².